The Labute approximate surface area is 112 Å². The van der Waals surface area contributed by atoms with E-state index in [9.17, 15) is 0 Å². The first kappa shape index (κ1) is 13.5. The van der Waals surface area contributed by atoms with Crippen LogP contribution in [0.1, 0.15) is 58.3 Å². The van der Waals surface area contributed by atoms with Crippen molar-refractivity contribution in [3.63, 3.8) is 0 Å². The van der Waals surface area contributed by atoms with Gasteiger partial charge in [0.2, 0.25) is 0 Å². The van der Waals surface area contributed by atoms with Gasteiger partial charge in [0.1, 0.15) is 0 Å². The van der Waals surface area contributed by atoms with E-state index < -0.39 is 0 Å². The fourth-order valence-electron chi connectivity index (χ4n) is 3.07. The number of piperidine rings is 1. The van der Waals surface area contributed by atoms with Gasteiger partial charge in [-0.15, -0.1) is 0 Å². The van der Waals surface area contributed by atoms with Crippen molar-refractivity contribution < 1.29 is 0 Å². The van der Waals surface area contributed by atoms with Crippen LogP contribution in [-0.4, -0.2) is 12.6 Å². The number of rotatable bonds is 6. The van der Waals surface area contributed by atoms with Crippen molar-refractivity contribution in [3.05, 3.63) is 30.3 Å². The third kappa shape index (κ3) is 3.76. The quantitative estimate of drug-likeness (QED) is 0.636. The minimum atomic E-state index is 0.790. The van der Waals surface area contributed by atoms with Crippen LogP contribution in [0, 0.1) is 0 Å². The van der Waals surface area contributed by atoms with E-state index in [1.54, 1.807) is 0 Å². The summed E-state index contributed by atoms with van der Waals surface area (Å²) in [5, 5.41) is 0. The molecule has 1 heteroatoms. The van der Waals surface area contributed by atoms with Crippen LogP contribution in [0.4, 0.5) is 5.69 Å². The summed E-state index contributed by atoms with van der Waals surface area (Å²) in [6, 6.07) is 11.8. The molecule has 100 valence electrons. The number of nitrogens with zero attached hydrogens (tertiary/aromatic N) is 1. The lowest BCUT2D eigenvalue weighted by molar-refractivity contribution is 0.422. The molecule has 1 aliphatic rings. The number of hydrogen-bond donors (Lipinski definition) is 0. The maximum absolute atomic E-state index is 2.65. The van der Waals surface area contributed by atoms with Gasteiger partial charge in [-0.25, -0.2) is 0 Å². The van der Waals surface area contributed by atoms with Crippen LogP contribution in [0.2, 0.25) is 0 Å². The van der Waals surface area contributed by atoms with Gasteiger partial charge in [0.25, 0.3) is 0 Å². The molecule has 1 nitrogen and oxygen atoms in total. The molecule has 0 aromatic heterocycles. The Kier molecular flexibility index (Phi) is 5.57. The summed E-state index contributed by atoms with van der Waals surface area (Å²) in [5.74, 6) is 0. The molecule has 1 heterocycles. The first-order valence-electron chi connectivity index (χ1n) is 7.73. The van der Waals surface area contributed by atoms with Gasteiger partial charge in [-0.05, 0) is 37.8 Å². The van der Waals surface area contributed by atoms with Gasteiger partial charge in [-0.2, -0.15) is 0 Å². The Hall–Kier alpha value is -0.980. The minimum Gasteiger partial charge on any atom is -0.369 e. The molecular formula is C17H27N. The summed E-state index contributed by atoms with van der Waals surface area (Å²) in [6.07, 6.45) is 11.1. The highest BCUT2D eigenvalue weighted by Gasteiger charge is 2.21. The summed E-state index contributed by atoms with van der Waals surface area (Å²) in [5.41, 5.74) is 1.43. The Balaban J connectivity index is 1.90. The van der Waals surface area contributed by atoms with E-state index in [1.807, 2.05) is 0 Å². The molecule has 2 rings (SSSR count). The molecule has 0 spiro atoms. The van der Waals surface area contributed by atoms with Crippen LogP contribution in [0.15, 0.2) is 30.3 Å². The van der Waals surface area contributed by atoms with E-state index in [-0.39, 0.29) is 0 Å². The average Bonchev–Trinajstić information content (AvgIpc) is 2.45. The molecule has 0 bridgehead atoms. The topological polar surface area (TPSA) is 3.24 Å². The second-order valence-corrected chi connectivity index (χ2v) is 5.53. The number of benzene rings is 1. The Morgan fingerprint density at radius 1 is 1.06 bits per heavy atom. The predicted octanol–water partition coefficient (Wildman–Crippen LogP) is 5.02. The highest BCUT2D eigenvalue weighted by molar-refractivity contribution is 5.47. The highest BCUT2D eigenvalue weighted by Crippen LogP contribution is 2.27. The van der Waals surface area contributed by atoms with Crippen LogP contribution < -0.4 is 4.90 Å². The molecule has 1 saturated heterocycles. The Morgan fingerprint density at radius 2 is 1.89 bits per heavy atom. The third-order valence-electron chi connectivity index (χ3n) is 4.11. The molecule has 1 fully saturated rings. The summed E-state index contributed by atoms with van der Waals surface area (Å²) >= 11 is 0. The van der Waals surface area contributed by atoms with Crippen molar-refractivity contribution in [3.8, 4) is 0 Å². The SMILES string of the molecule is CCCCCCC1CCCCN1c1ccccc1. The monoisotopic (exact) mass is 245 g/mol. The molecule has 1 aromatic carbocycles. The van der Waals surface area contributed by atoms with Crippen LogP contribution in [0.25, 0.3) is 0 Å². The minimum absolute atomic E-state index is 0.790. The standard InChI is InChI=1S/C17H27N/c1-2-3-4-6-11-17-14-9-10-15-18(17)16-12-7-5-8-13-16/h5,7-8,12-13,17H,2-4,6,9-11,14-15H2,1H3. The van der Waals surface area contributed by atoms with E-state index in [1.165, 1.54) is 63.6 Å². The van der Waals surface area contributed by atoms with Crippen LogP contribution >= 0.6 is 0 Å². The predicted molar refractivity (Wildman–Crippen MR) is 80.2 cm³/mol. The van der Waals surface area contributed by atoms with Crippen LogP contribution in [-0.2, 0) is 0 Å². The van der Waals surface area contributed by atoms with Crippen LogP contribution in [0.5, 0.6) is 0 Å². The fourth-order valence-corrected chi connectivity index (χ4v) is 3.07. The van der Waals surface area contributed by atoms with Gasteiger partial charge >= 0.3 is 0 Å². The van der Waals surface area contributed by atoms with Gasteiger partial charge in [-0.3, -0.25) is 0 Å². The highest BCUT2D eigenvalue weighted by atomic mass is 15.2. The number of unbranched alkanes of at least 4 members (excludes halogenated alkanes) is 3. The van der Waals surface area contributed by atoms with Gasteiger partial charge in [0.15, 0.2) is 0 Å². The largest absolute Gasteiger partial charge is 0.369 e. The zero-order valence-corrected chi connectivity index (χ0v) is 11.8. The Morgan fingerprint density at radius 3 is 2.67 bits per heavy atom. The molecular weight excluding hydrogens is 218 g/mol. The first-order chi connectivity index (χ1) is 8.92. The van der Waals surface area contributed by atoms with Gasteiger partial charge in [0, 0.05) is 18.3 Å². The zero-order valence-electron chi connectivity index (χ0n) is 11.8. The van der Waals surface area contributed by atoms with Crippen molar-refractivity contribution in [2.24, 2.45) is 0 Å². The molecule has 0 saturated carbocycles. The maximum atomic E-state index is 2.65. The summed E-state index contributed by atoms with van der Waals surface area (Å²) in [6.45, 7) is 3.54. The second kappa shape index (κ2) is 7.45. The lowest BCUT2D eigenvalue weighted by Crippen LogP contribution is -2.39. The lowest BCUT2D eigenvalue weighted by atomic mass is 9.96. The van der Waals surface area contributed by atoms with Gasteiger partial charge in [0.05, 0.1) is 0 Å². The van der Waals surface area contributed by atoms with Crippen molar-refractivity contribution >= 4 is 5.69 Å². The Bertz CT molecular complexity index is 320. The lowest BCUT2D eigenvalue weighted by Gasteiger charge is -2.37. The average molecular weight is 245 g/mol. The molecule has 1 aromatic rings. The number of hydrogen-bond acceptors (Lipinski definition) is 1. The molecule has 1 aliphatic heterocycles. The number of anilines is 1. The summed E-state index contributed by atoms with van der Waals surface area (Å²) < 4.78 is 0. The van der Waals surface area contributed by atoms with Crippen molar-refractivity contribution in [2.75, 3.05) is 11.4 Å². The van der Waals surface area contributed by atoms with E-state index in [0.717, 1.165) is 6.04 Å². The van der Waals surface area contributed by atoms with Crippen molar-refractivity contribution in [1.82, 2.24) is 0 Å². The van der Waals surface area contributed by atoms with Gasteiger partial charge in [-0.1, -0.05) is 50.8 Å². The first-order valence-corrected chi connectivity index (χ1v) is 7.73. The van der Waals surface area contributed by atoms with Crippen LogP contribution in [0.3, 0.4) is 0 Å². The molecule has 0 aliphatic carbocycles. The molecule has 1 unspecified atom stereocenters. The third-order valence-corrected chi connectivity index (χ3v) is 4.11. The van der Waals surface area contributed by atoms with E-state index >= 15 is 0 Å². The van der Waals surface area contributed by atoms with E-state index in [0.29, 0.717) is 0 Å². The van der Waals surface area contributed by atoms with Crippen molar-refractivity contribution in [2.45, 2.75) is 64.3 Å². The zero-order chi connectivity index (χ0) is 12.6. The molecule has 0 radical (unpaired) electrons. The molecule has 0 N–H and O–H groups in total. The van der Waals surface area contributed by atoms with E-state index in [4.69, 9.17) is 0 Å². The summed E-state index contributed by atoms with van der Waals surface area (Å²) in [7, 11) is 0. The fraction of sp³-hybridized carbons (Fsp3) is 0.647. The molecule has 1 atom stereocenters. The summed E-state index contributed by atoms with van der Waals surface area (Å²) in [4.78, 5) is 2.65. The smallest absolute Gasteiger partial charge is 0.0368 e. The molecule has 0 amide bonds. The van der Waals surface area contributed by atoms with E-state index in [2.05, 4.69) is 42.2 Å². The molecule has 18 heavy (non-hydrogen) atoms. The second-order valence-electron chi connectivity index (χ2n) is 5.53. The maximum Gasteiger partial charge on any atom is 0.0368 e. The van der Waals surface area contributed by atoms with Gasteiger partial charge < -0.3 is 4.90 Å². The van der Waals surface area contributed by atoms with Crippen molar-refractivity contribution in [1.29, 1.82) is 0 Å². The normalized spacial score (nSPS) is 20.1. The number of para-hydroxylation sites is 1.